The van der Waals surface area contributed by atoms with Gasteiger partial charge in [-0.15, -0.1) is 0 Å². The number of hydrogen-bond acceptors (Lipinski definition) is 4. The molecule has 104 valence electrons. The maximum atomic E-state index is 6.08. The van der Waals surface area contributed by atoms with E-state index in [0.29, 0.717) is 12.2 Å². The van der Waals surface area contributed by atoms with E-state index < -0.39 is 0 Å². The molecule has 3 rings (SSSR count). The third kappa shape index (κ3) is 2.46. The molecule has 2 N–H and O–H groups in total. The molecule has 1 heterocycles. The first-order valence-electron chi connectivity index (χ1n) is 7.04. The van der Waals surface area contributed by atoms with Gasteiger partial charge in [-0.05, 0) is 31.7 Å². The molecule has 0 atom stereocenters. The summed E-state index contributed by atoms with van der Waals surface area (Å²) >= 11 is 0. The Morgan fingerprint density at radius 3 is 2.80 bits per heavy atom. The smallest absolute Gasteiger partial charge is 0.135 e. The Morgan fingerprint density at radius 1 is 1.15 bits per heavy atom. The van der Waals surface area contributed by atoms with Crippen LogP contribution in [-0.4, -0.2) is 17.1 Å². The summed E-state index contributed by atoms with van der Waals surface area (Å²) in [7, 11) is 1.68. The SMILES string of the molecule is COc1ccccc1Cc1nc(N)c2c(n1)CCCC2. The van der Waals surface area contributed by atoms with E-state index in [4.69, 9.17) is 15.5 Å². The molecule has 4 nitrogen and oxygen atoms in total. The van der Waals surface area contributed by atoms with E-state index >= 15 is 0 Å². The molecule has 1 aromatic carbocycles. The molecule has 4 heteroatoms. The molecule has 0 spiro atoms. The van der Waals surface area contributed by atoms with Gasteiger partial charge in [0.2, 0.25) is 0 Å². The molecule has 2 aromatic rings. The molecule has 20 heavy (non-hydrogen) atoms. The van der Waals surface area contributed by atoms with E-state index in [9.17, 15) is 0 Å². The fourth-order valence-corrected chi connectivity index (χ4v) is 2.77. The van der Waals surface area contributed by atoms with Crippen LogP contribution in [-0.2, 0) is 19.3 Å². The van der Waals surface area contributed by atoms with Gasteiger partial charge in [0.15, 0.2) is 0 Å². The number of hydrogen-bond donors (Lipinski definition) is 1. The van der Waals surface area contributed by atoms with Crippen molar-refractivity contribution in [2.24, 2.45) is 0 Å². The monoisotopic (exact) mass is 269 g/mol. The zero-order valence-corrected chi connectivity index (χ0v) is 11.7. The lowest BCUT2D eigenvalue weighted by atomic mass is 9.96. The van der Waals surface area contributed by atoms with Crippen LogP contribution >= 0.6 is 0 Å². The van der Waals surface area contributed by atoms with Gasteiger partial charge in [0.25, 0.3) is 0 Å². The number of fused-ring (bicyclic) bond motifs is 1. The molecule has 0 aliphatic heterocycles. The van der Waals surface area contributed by atoms with Crippen molar-refractivity contribution in [1.29, 1.82) is 0 Å². The average Bonchev–Trinajstić information content (AvgIpc) is 2.48. The van der Waals surface area contributed by atoms with Crippen molar-refractivity contribution in [3.63, 3.8) is 0 Å². The molecule has 0 saturated carbocycles. The zero-order valence-electron chi connectivity index (χ0n) is 11.7. The number of anilines is 1. The van der Waals surface area contributed by atoms with Crippen molar-refractivity contribution in [2.45, 2.75) is 32.1 Å². The lowest BCUT2D eigenvalue weighted by Crippen LogP contribution is -2.13. The highest BCUT2D eigenvalue weighted by molar-refractivity contribution is 5.44. The summed E-state index contributed by atoms with van der Waals surface area (Å²) in [6.45, 7) is 0. The van der Waals surface area contributed by atoms with Gasteiger partial charge in [0.1, 0.15) is 17.4 Å². The van der Waals surface area contributed by atoms with Crippen molar-refractivity contribution in [2.75, 3.05) is 12.8 Å². The minimum atomic E-state index is 0.652. The highest BCUT2D eigenvalue weighted by Crippen LogP contribution is 2.25. The van der Waals surface area contributed by atoms with Gasteiger partial charge in [-0.3, -0.25) is 0 Å². The molecule has 1 aliphatic carbocycles. The number of aromatic nitrogens is 2. The zero-order chi connectivity index (χ0) is 13.9. The van der Waals surface area contributed by atoms with Crippen molar-refractivity contribution in [3.8, 4) is 5.75 Å². The summed E-state index contributed by atoms with van der Waals surface area (Å²) < 4.78 is 5.37. The Hall–Kier alpha value is -2.10. The van der Waals surface area contributed by atoms with E-state index in [0.717, 1.165) is 41.2 Å². The van der Waals surface area contributed by atoms with Crippen LogP contribution < -0.4 is 10.5 Å². The number of methoxy groups -OCH3 is 1. The maximum absolute atomic E-state index is 6.08. The van der Waals surface area contributed by atoms with Crippen molar-refractivity contribution in [3.05, 3.63) is 46.9 Å². The van der Waals surface area contributed by atoms with Crippen LogP contribution in [0.1, 0.15) is 35.5 Å². The predicted molar refractivity (Wildman–Crippen MR) is 78.9 cm³/mol. The van der Waals surface area contributed by atoms with E-state index in [1.165, 1.54) is 12.8 Å². The number of rotatable bonds is 3. The minimum absolute atomic E-state index is 0.652. The van der Waals surface area contributed by atoms with Gasteiger partial charge in [-0.25, -0.2) is 9.97 Å². The quantitative estimate of drug-likeness (QED) is 0.930. The van der Waals surface area contributed by atoms with E-state index in [1.807, 2.05) is 24.3 Å². The van der Waals surface area contributed by atoms with Gasteiger partial charge in [-0.2, -0.15) is 0 Å². The topological polar surface area (TPSA) is 61.0 Å². The summed E-state index contributed by atoms with van der Waals surface area (Å²) in [5, 5.41) is 0. The third-order valence-electron chi connectivity index (χ3n) is 3.80. The number of para-hydroxylation sites is 1. The number of nitrogens with zero attached hydrogens (tertiary/aromatic N) is 2. The third-order valence-corrected chi connectivity index (χ3v) is 3.80. The number of nitrogen functional groups attached to an aromatic ring is 1. The fraction of sp³-hybridized carbons (Fsp3) is 0.375. The largest absolute Gasteiger partial charge is 0.496 e. The summed E-state index contributed by atoms with van der Waals surface area (Å²) in [5.41, 5.74) is 9.46. The average molecular weight is 269 g/mol. The van der Waals surface area contributed by atoms with Crippen molar-refractivity contribution in [1.82, 2.24) is 9.97 Å². The Kier molecular flexibility index (Phi) is 3.54. The van der Waals surface area contributed by atoms with Gasteiger partial charge < -0.3 is 10.5 Å². The van der Waals surface area contributed by atoms with Crippen LogP contribution in [0.5, 0.6) is 5.75 Å². The highest BCUT2D eigenvalue weighted by Gasteiger charge is 2.16. The number of benzene rings is 1. The van der Waals surface area contributed by atoms with Crippen molar-refractivity contribution < 1.29 is 4.74 Å². The fourth-order valence-electron chi connectivity index (χ4n) is 2.77. The Bertz CT molecular complexity index is 625. The first-order valence-corrected chi connectivity index (χ1v) is 7.04. The van der Waals surface area contributed by atoms with Crippen LogP contribution in [0.4, 0.5) is 5.82 Å². The molecule has 1 aromatic heterocycles. The number of nitrogens with two attached hydrogens (primary N) is 1. The van der Waals surface area contributed by atoms with Crippen LogP contribution in [0.15, 0.2) is 24.3 Å². The molecule has 0 radical (unpaired) electrons. The second kappa shape index (κ2) is 5.49. The molecular formula is C16H19N3O. The van der Waals surface area contributed by atoms with Crippen LogP contribution in [0.25, 0.3) is 0 Å². The lowest BCUT2D eigenvalue weighted by Gasteiger charge is -2.17. The Labute approximate surface area is 119 Å². The van der Waals surface area contributed by atoms with Crippen LogP contribution in [0.3, 0.4) is 0 Å². The summed E-state index contributed by atoms with van der Waals surface area (Å²) in [6.07, 6.45) is 5.06. The molecular weight excluding hydrogens is 250 g/mol. The number of ether oxygens (including phenoxy) is 1. The number of aryl methyl sites for hydroxylation is 1. The van der Waals surface area contributed by atoms with Crippen LogP contribution in [0, 0.1) is 0 Å². The minimum Gasteiger partial charge on any atom is -0.496 e. The van der Waals surface area contributed by atoms with E-state index in [-0.39, 0.29) is 0 Å². The summed E-state index contributed by atoms with van der Waals surface area (Å²) in [4.78, 5) is 9.17. The molecule has 0 saturated heterocycles. The maximum Gasteiger partial charge on any atom is 0.135 e. The Balaban J connectivity index is 1.93. The Morgan fingerprint density at radius 2 is 1.95 bits per heavy atom. The first kappa shape index (κ1) is 12.9. The van der Waals surface area contributed by atoms with E-state index in [1.54, 1.807) is 7.11 Å². The van der Waals surface area contributed by atoms with Gasteiger partial charge >= 0.3 is 0 Å². The van der Waals surface area contributed by atoms with Crippen LogP contribution in [0.2, 0.25) is 0 Å². The molecule has 1 aliphatic rings. The first-order chi connectivity index (χ1) is 9.78. The van der Waals surface area contributed by atoms with Gasteiger partial charge in [0, 0.05) is 23.2 Å². The predicted octanol–water partition coefficient (Wildman–Crippen LogP) is 2.54. The summed E-state index contributed by atoms with van der Waals surface area (Å²) in [5.74, 6) is 2.31. The van der Waals surface area contributed by atoms with Gasteiger partial charge in [0.05, 0.1) is 7.11 Å². The normalized spacial score (nSPS) is 13.8. The summed E-state index contributed by atoms with van der Waals surface area (Å²) in [6, 6.07) is 7.96. The lowest BCUT2D eigenvalue weighted by molar-refractivity contribution is 0.410. The van der Waals surface area contributed by atoms with Gasteiger partial charge in [-0.1, -0.05) is 18.2 Å². The standard InChI is InChI=1S/C16H19N3O/c1-20-14-9-5-2-6-11(14)10-15-18-13-8-4-3-7-12(13)16(17)19-15/h2,5-6,9H,3-4,7-8,10H2,1H3,(H2,17,18,19). The highest BCUT2D eigenvalue weighted by atomic mass is 16.5. The van der Waals surface area contributed by atoms with Crippen molar-refractivity contribution >= 4 is 5.82 Å². The van der Waals surface area contributed by atoms with E-state index in [2.05, 4.69) is 4.98 Å². The molecule has 0 bridgehead atoms. The molecule has 0 amide bonds. The molecule has 0 unspecified atom stereocenters. The second-order valence-corrected chi connectivity index (χ2v) is 5.15. The molecule has 0 fully saturated rings. The second-order valence-electron chi connectivity index (χ2n) is 5.15.